The van der Waals surface area contributed by atoms with Crippen molar-refractivity contribution in [3.05, 3.63) is 23.6 Å². The van der Waals surface area contributed by atoms with Gasteiger partial charge in [-0.3, -0.25) is 4.99 Å². The Bertz CT molecular complexity index is 301. The van der Waals surface area contributed by atoms with Crippen LogP contribution >= 0.6 is 0 Å². The zero-order valence-electron chi connectivity index (χ0n) is 7.66. The van der Waals surface area contributed by atoms with Crippen LogP contribution < -0.4 is 0 Å². The number of fused-ring (bicyclic) bond motifs is 1. The van der Waals surface area contributed by atoms with Gasteiger partial charge in [0.1, 0.15) is 5.60 Å². The van der Waals surface area contributed by atoms with Crippen molar-refractivity contribution in [1.82, 2.24) is 0 Å². The first-order valence-corrected chi connectivity index (χ1v) is 4.24. The number of nitrogens with zero attached hydrogens (tertiary/aromatic N) is 1. The molecule has 0 saturated heterocycles. The zero-order chi connectivity index (χ0) is 8.77. The first kappa shape index (κ1) is 7.59. The van der Waals surface area contributed by atoms with Crippen LogP contribution in [0.2, 0.25) is 0 Å². The van der Waals surface area contributed by atoms with Gasteiger partial charge in [0, 0.05) is 23.4 Å². The van der Waals surface area contributed by atoms with Crippen molar-refractivity contribution in [3.8, 4) is 0 Å². The maximum atomic E-state index is 5.60. The van der Waals surface area contributed by atoms with Gasteiger partial charge in [-0.25, -0.2) is 0 Å². The summed E-state index contributed by atoms with van der Waals surface area (Å²) in [5.41, 5.74) is 2.13. The molecular formula is C10H13NO. The second-order valence-electron chi connectivity index (χ2n) is 3.59. The van der Waals surface area contributed by atoms with E-state index >= 15 is 0 Å². The number of ether oxygens (including phenoxy) is 1. The van der Waals surface area contributed by atoms with Crippen LogP contribution in [0.1, 0.15) is 20.8 Å². The van der Waals surface area contributed by atoms with Crippen molar-refractivity contribution >= 4 is 6.21 Å². The average Bonchev–Trinajstić information content (AvgIpc) is 2.42. The van der Waals surface area contributed by atoms with Crippen molar-refractivity contribution in [2.45, 2.75) is 26.4 Å². The van der Waals surface area contributed by atoms with E-state index in [2.05, 4.69) is 18.8 Å². The molecule has 12 heavy (non-hydrogen) atoms. The molecule has 0 N–H and O–H groups in total. The first-order chi connectivity index (χ1) is 5.64. The van der Waals surface area contributed by atoms with Gasteiger partial charge in [0.15, 0.2) is 0 Å². The van der Waals surface area contributed by atoms with E-state index < -0.39 is 0 Å². The van der Waals surface area contributed by atoms with Crippen LogP contribution in [0, 0.1) is 5.92 Å². The van der Waals surface area contributed by atoms with Gasteiger partial charge in [-0.05, 0) is 19.9 Å². The molecule has 2 rings (SSSR count). The molecule has 0 aromatic heterocycles. The second kappa shape index (κ2) is 2.22. The molecule has 0 radical (unpaired) electrons. The van der Waals surface area contributed by atoms with E-state index in [1.54, 1.807) is 6.26 Å². The first-order valence-electron chi connectivity index (χ1n) is 4.24. The molecule has 2 aliphatic rings. The third-order valence-corrected chi connectivity index (χ3v) is 2.83. The number of aliphatic imine (C=N–C) groups is 1. The quantitative estimate of drug-likeness (QED) is 0.537. The van der Waals surface area contributed by atoms with Gasteiger partial charge >= 0.3 is 0 Å². The summed E-state index contributed by atoms with van der Waals surface area (Å²) in [4.78, 5) is 4.32. The SMILES string of the molecule is CC1=C2C=COC2(C)C(C)C=N1. The molecular weight excluding hydrogens is 150 g/mol. The highest BCUT2D eigenvalue weighted by molar-refractivity contribution is 5.69. The van der Waals surface area contributed by atoms with Crippen LogP contribution in [0.3, 0.4) is 0 Å². The molecule has 0 bridgehead atoms. The Labute approximate surface area is 72.6 Å². The lowest BCUT2D eigenvalue weighted by atomic mass is 9.82. The summed E-state index contributed by atoms with van der Waals surface area (Å²) in [6, 6.07) is 0. The topological polar surface area (TPSA) is 21.6 Å². The highest BCUT2D eigenvalue weighted by Crippen LogP contribution is 2.39. The van der Waals surface area contributed by atoms with E-state index in [1.165, 1.54) is 5.57 Å². The number of hydrogen-bond acceptors (Lipinski definition) is 2. The lowest BCUT2D eigenvalue weighted by Gasteiger charge is -2.33. The lowest BCUT2D eigenvalue weighted by molar-refractivity contribution is 0.0659. The van der Waals surface area contributed by atoms with Crippen LogP contribution in [-0.2, 0) is 4.74 Å². The molecule has 0 spiro atoms. The van der Waals surface area contributed by atoms with Crippen molar-refractivity contribution in [2.24, 2.45) is 10.9 Å². The Balaban J connectivity index is 2.52. The Kier molecular flexibility index (Phi) is 1.40. The molecule has 2 unspecified atom stereocenters. The normalized spacial score (nSPS) is 38.4. The van der Waals surface area contributed by atoms with Crippen LogP contribution in [0.25, 0.3) is 0 Å². The second-order valence-corrected chi connectivity index (χ2v) is 3.59. The molecule has 0 aromatic rings. The van der Waals surface area contributed by atoms with Crippen LogP contribution in [0.4, 0.5) is 0 Å². The lowest BCUT2D eigenvalue weighted by Crippen LogP contribution is -2.37. The van der Waals surface area contributed by atoms with Crippen molar-refractivity contribution < 1.29 is 4.74 Å². The Morgan fingerprint density at radius 2 is 2.33 bits per heavy atom. The summed E-state index contributed by atoms with van der Waals surface area (Å²) in [6.45, 7) is 6.26. The van der Waals surface area contributed by atoms with E-state index in [1.807, 2.05) is 19.2 Å². The zero-order valence-corrected chi connectivity index (χ0v) is 7.66. The van der Waals surface area contributed by atoms with Crippen LogP contribution in [0.15, 0.2) is 28.6 Å². The number of allylic oxidation sites excluding steroid dienone is 1. The number of hydrogen-bond donors (Lipinski definition) is 0. The fourth-order valence-corrected chi connectivity index (χ4v) is 1.74. The molecule has 2 heterocycles. The Morgan fingerprint density at radius 1 is 1.58 bits per heavy atom. The van der Waals surface area contributed by atoms with Crippen molar-refractivity contribution in [2.75, 3.05) is 0 Å². The monoisotopic (exact) mass is 163 g/mol. The third-order valence-electron chi connectivity index (χ3n) is 2.83. The Hall–Kier alpha value is -1.05. The van der Waals surface area contributed by atoms with Gasteiger partial charge in [0.2, 0.25) is 0 Å². The predicted molar refractivity (Wildman–Crippen MR) is 49.0 cm³/mol. The fourth-order valence-electron chi connectivity index (χ4n) is 1.74. The predicted octanol–water partition coefficient (Wildman–Crippen LogP) is 2.28. The van der Waals surface area contributed by atoms with Gasteiger partial charge in [-0.2, -0.15) is 0 Å². The van der Waals surface area contributed by atoms with Gasteiger partial charge in [0.05, 0.1) is 6.26 Å². The molecule has 0 fully saturated rings. The molecule has 0 aromatic carbocycles. The summed E-state index contributed by atoms with van der Waals surface area (Å²) >= 11 is 0. The molecule has 2 atom stereocenters. The molecule has 64 valence electrons. The standard InChI is InChI=1S/C10H13NO/c1-7-6-11-8(2)9-4-5-12-10(7,9)3/h4-7H,1-3H3. The summed E-state index contributed by atoms with van der Waals surface area (Å²) in [6.07, 6.45) is 5.75. The summed E-state index contributed by atoms with van der Waals surface area (Å²) < 4.78 is 5.60. The molecule has 2 heteroatoms. The Morgan fingerprint density at radius 3 is 3.00 bits per heavy atom. The maximum Gasteiger partial charge on any atom is 0.140 e. The van der Waals surface area contributed by atoms with Gasteiger partial charge in [0.25, 0.3) is 0 Å². The molecule has 2 nitrogen and oxygen atoms in total. The third kappa shape index (κ3) is 0.779. The van der Waals surface area contributed by atoms with Gasteiger partial charge in [-0.15, -0.1) is 0 Å². The summed E-state index contributed by atoms with van der Waals surface area (Å²) in [7, 11) is 0. The van der Waals surface area contributed by atoms with E-state index in [0.29, 0.717) is 5.92 Å². The summed E-state index contributed by atoms with van der Waals surface area (Å²) in [5, 5.41) is 0. The van der Waals surface area contributed by atoms with Crippen LogP contribution in [-0.4, -0.2) is 11.8 Å². The van der Waals surface area contributed by atoms with E-state index in [0.717, 1.165) is 5.70 Å². The van der Waals surface area contributed by atoms with Gasteiger partial charge in [-0.1, -0.05) is 6.92 Å². The fraction of sp³-hybridized carbons (Fsp3) is 0.500. The van der Waals surface area contributed by atoms with Crippen molar-refractivity contribution in [3.63, 3.8) is 0 Å². The van der Waals surface area contributed by atoms with Gasteiger partial charge < -0.3 is 4.74 Å². The van der Waals surface area contributed by atoms with Crippen molar-refractivity contribution in [1.29, 1.82) is 0 Å². The minimum Gasteiger partial charge on any atom is -0.490 e. The maximum absolute atomic E-state index is 5.60. The largest absolute Gasteiger partial charge is 0.490 e. The number of rotatable bonds is 0. The average molecular weight is 163 g/mol. The smallest absolute Gasteiger partial charge is 0.140 e. The highest BCUT2D eigenvalue weighted by Gasteiger charge is 2.40. The van der Waals surface area contributed by atoms with E-state index in [4.69, 9.17) is 4.74 Å². The van der Waals surface area contributed by atoms with E-state index in [9.17, 15) is 0 Å². The molecule has 0 aliphatic carbocycles. The minimum atomic E-state index is -0.161. The molecule has 0 amide bonds. The van der Waals surface area contributed by atoms with E-state index in [-0.39, 0.29) is 5.60 Å². The summed E-state index contributed by atoms with van der Waals surface area (Å²) in [5.74, 6) is 0.353. The van der Waals surface area contributed by atoms with Crippen LogP contribution in [0.5, 0.6) is 0 Å². The minimum absolute atomic E-state index is 0.161. The highest BCUT2D eigenvalue weighted by atomic mass is 16.5. The molecule has 0 saturated carbocycles. The molecule has 2 aliphatic heterocycles.